The predicted octanol–water partition coefficient (Wildman–Crippen LogP) is 1.81. The maximum absolute atomic E-state index is 13.4. The summed E-state index contributed by atoms with van der Waals surface area (Å²) in [5.41, 5.74) is 5.07. The van der Waals surface area contributed by atoms with Gasteiger partial charge in [-0.1, -0.05) is 6.07 Å². The van der Waals surface area contributed by atoms with Gasteiger partial charge in [-0.15, -0.1) is 0 Å². The quantitative estimate of drug-likeness (QED) is 0.630. The van der Waals surface area contributed by atoms with E-state index in [-0.39, 0.29) is 11.7 Å². The molecule has 0 bridgehead atoms. The topological polar surface area (TPSA) is 129 Å². The Bertz CT molecular complexity index is 1140. The van der Waals surface area contributed by atoms with E-state index in [1.165, 1.54) is 17.4 Å². The van der Waals surface area contributed by atoms with E-state index >= 15 is 0 Å². The van der Waals surface area contributed by atoms with E-state index in [1.54, 1.807) is 6.92 Å². The number of ether oxygens (including phenoxy) is 1. The minimum Gasteiger partial charge on any atom is -0.608 e. The fourth-order valence-electron chi connectivity index (χ4n) is 5.22. The number of nitrogens with one attached hydrogen (secondary N) is 2. The fraction of sp³-hybridized carbons (Fsp3) is 0.545. The number of rotatable bonds is 5. The highest BCUT2D eigenvalue weighted by Crippen LogP contribution is 2.38. The van der Waals surface area contributed by atoms with E-state index in [0.717, 1.165) is 54.0 Å². The Kier molecular flexibility index (Phi) is 5.89. The van der Waals surface area contributed by atoms with Crippen molar-refractivity contribution in [1.82, 2.24) is 4.98 Å². The molecule has 1 aromatic heterocycles. The molecule has 33 heavy (non-hydrogen) atoms. The van der Waals surface area contributed by atoms with E-state index in [1.807, 2.05) is 0 Å². The molecule has 3 aliphatic rings. The highest BCUT2D eigenvalue weighted by Gasteiger charge is 2.41. The molecule has 1 unspecified atom stereocenters. The normalized spacial score (nSPS) is 19.2. The Balaban J connectivity index is 1.45. The number of anilines is 2. The van der Waals surface area contributed by atoms with Crippen LogP contribution in [0.3, 0.4) is 0 Å². The number of quaternary nitrogens is 1. The van der Waals surface area contributed by atoms with Gasteiger partial charge in [0.25, 0.3) is 0 Å². The predicted molar refractivity (Wildman–Crippen MR) is 120 cm³/mol. The van der Waals surface area contributed by atoms with Crippen LogP contribution in [-0.4, -0.2) is 38.7 Å². The molecule has 10 nitrogen and oxygen atoms in total. The van der Waals surface area contributed by atoms with Crippen LogP contribution in [0.5, 0.6) is 0 Å². The number of carbonyl (C=O) groups excluding carboxylic acids is 1. The van der Waals surface area contributed by atoms with Crippen molar-refractivity contribution >= 4 is 27.7 Å². The molecule has 1 aliphatic heterocycles. The number of amides is 2. The van der Waals surface area contributed by atoms with Crippen molar-refractivity contribution in [3.8, 4) is 0 Å². The minimum atomic E-state index is -4.68. The van der Waals surface area contributed by atoms with Crippen LogP contribution in [0.2, 0.25) is 0 Å². The number of carbonyl (C=O) groups is 1. The zero-order chi connectivity index (χ0) is 23.2. The van der Waals surface area contributed by atoms with Gasteiger partial charge in [0, 0.05) is 20.1 Å². The number of aryl methyl sites for hydroxylation is 3. The molecular weight excluding hydrogens is 448 g/mol. The smallest absolute Gasteiger partial charge is 0.436 e. The number of urea groups is 1. The molecular formula is C22H28N4O6S. The van der Waals surface area contributed by atoms with Gasteiger partial charge >= 0.3 is 16.2 Å². The van der Waals surface area contributed by atoms with Crippen LogP contribution in [0, 0.1) is 12.1 Å². The first-order chi connectivity index (χ1) is 15.9. The number of hydroxylamine groups is 1. The molecule has 1 atom stereocenters. The van der Waals surface area contributed by atoms with Crippen LogP contribution in [-0.2, 0) is 40.6 Å². The minimum absolute atomic E-state index is 0.00189. The van der Waals surface area contributed by atoms with Crippen LogP contribution in [0.25, 0.3) is 0 Å². The molecule has 2 amide bonds. The van der Waals surface area contributed by atoms with Gasteiger partial charge in [0.1, 0.15) is 6.26 Å². The van der Waals surface area contributed by atoms with Crippen molar-refractivity contribution in [3.05, 3.63) is 45.7 Å². The van der Waals surface area contributed by atoms with Crippen LogP contribution < -0.4 is 14.1 Å². The molecule has 0 spiro atoms. The van der Waals surface area contributed by atoms with Gasteiger partial charge in [-0.05, 0) is 73.6 Å². The number of aromatic nitrogens is 1. The molecule has 2 aliphatic carbocycles. The Morgan fingerprint density at radius 3 is 2.36 bits per heavy atom. The van der Waals surface area contributed by atoms with Crippen LogP contribution in [0.15, 0.2) is 16.7 Å². The molecule has 2 heterocycles. The molecule has 5 rings (SSSR count). The maximum atomic E-state index is 13.4. The van der Waals surface area contributed by atoms with Gasteiger partial charge in [-0.25, -0.2) is 9.10 Å². The molecule has 1 aromatic carbocycles. The average molecular weight is 477 g/mol. The van der Waals surface area contributed by atoms with E-state index in [0.29, 0.717) is 31.7 Å². The Labute approximate surface area is 192 Å². The standard InChI is InChI=1S/C22H28N4O6S/c1-14-23-20(13-32-14)25(17-8-10-31-11-9-17)33(29,30)26(28)22(27)24-21-18-6-2-4-15(18)12-16-5-3-7-19(16)21/h12-13,17,26H,2-11H2,1H3,(H,24,27). The van der Waals surface area contributed by atoms with E-state index < -0.39 is 26.8 Å². The van der Waals surface area contributed by atoms with Crippen LogP contribution >= 0.6 is 0 Å². The van der Waals surface area contributed by atoms with E-state index in [4.69, 9.17) is 9.15 Å². The third kappa shape index (κ3) is 4.03. The van der Waals surface area contributed by atoms with E-state index in [2.05, 4.69) is 16.4 Å². The summed E-state index contributed by atoms with van der Waals surface area (Å²) in [6.07, 6.45) is 7.43. The summed E-state index contributed by atoms with van der Waals surface area (Å²) < 4.78 is 36.9. The molecule has 1 saturated heterocycles. The number of nitrogens with zero attached hydrogens (tertiary/aromatic N) is 2. The second-order valence-electron chi connectivity index (χ2n) is 8.84. The lowest BCUT2D eigenvalue weighted by molar-refractivity contribution is -0.604. The summed E-state index contributed by atoms with van der Waals surface area (Å²) in [6.45, 7) is 2.30. The molecule has 11 heteroatoms. The molecule has 2 N–H and O–H groups in total. The monoisotopic (exact) mass is 476 g/mol. The summed E-state index contributed by atoms with van der Waals surface area (Å²) in [7, 11) is -4.68. The summed E-state index contributed by atoms with van der Waals surface area (Å²) in [5.74, 6) is 0.270. The van der Waals surface area contributed by atoms with Gasteiger partial charge in [-0.2, -0.15) is 17.9 Å². The second-order valence-corrected chi connectivity index (χ2v) is 10.6. The van der Waals surface area contributed by atoms with Gasteiger partial charge in [0.2, 0.25) is 0 Å². The van der Waals surface area contributed by atoms with Gasteiger partial charge in [0.15, 0.2) is 11.7 Å². The van der Waals surface area contributed by atoms with Gasteiger partial charge in [-0.3, -0.25) is 5.32 Å². The van der Waals surface area contributed by atoms with Crippen molar-refractivity contribution in [3.63, 3.8) is 0 Å². The van der Waals surface area contributed by atoms with Crippen LogP contribution in [0.4, 0.5) is 16.3 Å². The molecule has 0 saturated carbocycles. The van der Waals surface area contributed by atoms with Crippen molar-refractivity contribution in [2.45, 2.75) is 64.3 Å². The Morgan fingerprint density at radius 1 is 1.15 bits per heavy atom. The highest BCUT2D eigenvalue weighted by atomic mass is 32.2. The zero-order valence-corrected chi connectivity index (χ0v) is 19.4. The lowest BCUT2D eigenvalue weighted by atomic mass is 9.99. The lowest BCUT2D eigenvalue weighted by Crippen LogP contribution is -3.14. The first-order valence-electron chi connectivity index (χ1n) is 11.4. The maximum Gasteiger partial charge on any atom is 0.436 e. The Morgan fingerprint density at radius 2 is 1.79 bits per heavy atom. The van der Waals surface area contributed by atoms with Gasteiger partial charge < -0.3 is 14.4 Å². The third-order valence-corrected chi connectivity index (χ3v) is 8.40. The van der Waals surface area contributed by atoms with Gasteiger partial charge in [0.05, 0.1) is 11.7 Å². The van der Waals surface area contributed by atoms with Crippen LogP contribution in [0.1, 0.15) is 53.8 Å². The molecule has 178 valence electrons. The average Bonchev–Trinajstić information content (AvgIpc) is 3.55. The summed E-state index contributed by atoms with van der Waals surface area (Å²) in [4.78, 5) is 17.2. The summed E-state index contributed by atoms with van der Waals surface area (Å²) >= 11 is 0. The number of hydrogen-bond donors (Lipinski definition) is 2. The number of benzene rings is 1. The van der Waals surface area contributed by atoms with E-state index in [9.17, 15) is 18.4 Å². The lowest BCUT2D eigenvalue weighted by Gasteiger charge is -2.34. The first-order valence-corrected chi connectivity index (χ1v) is 12.9. The van der Waals surface area contributed by atoms with Crippen molar-refractivity contribution < 1.29 is 26.8 Å². The number of oxazole rings is 1. The molecule has 0 radical (unpaired) electrons. The molecule has 2 aromatic rings. The fourth-order valence-corrected chi connectivity index (χ4v) is 6.61. The Hall–Kier alpha value is -2.47. The van der Waals surface area contributed by atoms with Crippen molar-refractivity contribution in [2.24, 2.45) is 0 Å². The van der Waals surface area contributed by atoms with Crippen molar-refractivity contribution in [1.29, 1.82) is 0 Å². The summed E-state index contributed by atoms with van der Waals surface area (Å²) in [5, 5.41) is 15.8. The largest absolute Gasteiger partial charge is 0.608 e. The third-order valence-electron chi connectivity index (χ3n) is 6.75. The zero-order valence-electron chi connectivity index (χ0n) is 18.6. The first kappa shape index (κ1) is 22.3. The number of fused-ring (bicyclic) bond motifs is 2. The summed E-state index contributed by atoms with van der Waals surface area (Å²) in [6, 6.07) is 0.524. The highest BCUT2D eigenvalue weighted by molar-refractivity contribution is 7.86. The molecule has 1 fully saturated rings. The SMILES string of the molecule is Cc1nc(N(C2CCOCC2)S(=O)(=O)[NH+]([O-])C(=O)Nc2c3c(cc4c2CCC4)CCC3)co1. The number of hydrogen-bond acceptors (Lipinski definition) is 7. The second kappa shape index (κ2) is 8.71. The van der Waals surface area contributed by atoms with Crippen molar-refractivity contribution in [2.75, 3.05) is 22.8 Å².